The largest absolute Gasteiger partial charge is 0.0625 e. The predicted octanol–water partition coefficient (Wildman–Crippen LogP) is 5.42. The Morgan fingerprint density at radius 3 is 1.06 bits per heavy atom. The Kier molecular flexibility index (Phi) is 4.73. The van der Waals surface area contributed by atoms with Gasteiger partial charge in [0.25, 0.3) is 0 Å². The van der Waals surface area contributed by atoms with E-state index in [-0.39, 0.29) is 0 Å². The van der Waals surface area contributed by atoms with Gasteiger partial charge in [0, 0.05) is 0 Å². The van der Waals surface area contributed by atoms with E-state index < -0.39 is 0 Å². The van der Waals surface area contributed by atoms with Crippen molar-refractivity contribution in [2.24, 2.45) is 23.7 Å². The highest BCUT2D eigenvalue weighted by atomic mass is 14.3. The molecule has 3 aliphatic rings. The first kappa shape index (κ1) is 12.5. The molecule has 2 bridgehead atoms. The minimum Gasteiger partial charge on any atom is -0.0625 e. The number of fused-ring (bicyclic) bond motifs is 9. The van der Waals surface area contributed by atoms with Gasteiger partial charge in [0.05, 0.1) is 0 Å². The van der Waals surface area contributed by atoms with Gasteiger partial charge in [-0.25, -0.2) is 0 Å². The van der Waals surface area contributed by atoms with Crippen LogP contribution in [0.25, 0.3) is 0 Å². The molecular weight excluding hydrogens is 192 g/mol. The maximum Gasteiger partial charge on any atom is -0.0414 e. The molecule has 0 radical (unpaired) electrons. The van der Waals surface area contributed by atoms with Gasteiger partial charge in [0.15, 0.2) is 0 Å². The Morgan fingerprint density at radius 1 is 0.438 bits per heavy atom. The van der Waals surface area contributed by atoms with Crippen LogP contribution >= 0.6 is 0 Å². The Hall–Kier alpha value is 0. The fourth-order valence-corrected chi connectivity index (χ4v) is 3.71. The van der Waals surface area contributed by atoms with Gasteiger partial charge in [-0.05, 0) is 23.7 Å². The lowest BCUT2D eigenvalue weighted by molar-refractivity contribution is 0.218. The van der Waals surface area contributed by atoms with Gasteiger partial charge < -0.3 is 0 Å². The van der Waals surface area contributed by atoms with Crippen molar-refractivity contribution < 1.29 is 0 Å². The van der Waals surface area contributed by atoms with Crippen LogP contribution in [-0.2, 0) is 0 Å². The summed E-state index contributed by atoms with van der Waals surface area (Å²) in [6, 6.07) is 0. The van der Waals surface area contributed by atoms with E-state index >= 15 is 0 Å². The van der Waals surface area contributed by atoms with Gasteiger partial charge in [-0.15, -0.1) is 0 Å². The quantitative estimate of drug-likeness (QED) is 0.513. The topological polar surface area (TPSA) is 0 Å². The summed E-state index contributed by atoms with van der Waals surface area (Å²) in [5.41, 5.74) is 0. The summed E-state index contributed by atoms with van der Waals surface area (Å²) in [7, 11) is 0. The van der Waals surface area contributed by atoms with E-state index in [1.807, 2.05) is 0 Å². The number of rotatable bonds is 0. The van der Waals surface area contributed by atoms with Crippen LogP contribution in [0.2, 0.25) is 0 Å². The lowest BCUT2D eigenvalue weighted by Crippen LogP contribution is -2.17. The van der Waals surface area contributed by atoms with Gasteiger partial charge in [0.2, 0.25) is 0 Å². The van der Waals surface area contributed by atoms with E-state index in [9.17, 15) is 0 Å². The molecule has 0 N–H and O–H groups in total. The van der Waals surface area contributed by atoms with Crippen LogP contribution < -0.4 is 0 Å². The van der Waals surface area contributed by atoms with Crippen molar-refractivity contribution in [1.29, 1.82) is 0 Å². The molecule has 0 nitrogen and oxygen atoms in total. The van der Waals surface area contributed by atoms with Crippen LogP contribution in [0.15, 0.2) is 0 Å². The standard InChI is InChI=1S/C16H30/c1-13-3-4-14(2)6-8-16-11-9-15(7-5-13)10-12-16/h13-16H,3-12H2,1-2H3/t13-,14+,15?,16?. The molecule has 3 aliphatic carbocycles. The highest BCUT2D eigenvalue weighted by Gasteiger charge is 2.22. The lowest BCUT2D eigenvalue weighted by atomic mass is 9.75. The van der Waals surface area contributed by atoms with E-state index in [4.69, 9.17) is 0 Å². The molecule has 3 rings (SSSR count). The molecule has 0 saturated heterocycles. The fraction of sp³-hybridized carbons (Fsp3) is 1.00. The molecule has 0 amide bonds. The van der Waals surface area contributed by atoms with Crippen molar-refractivity contribution in [3.63, 3.8) is 0 Å². The summed E-state index contributed by atoms with van der Waals surface area (Å²) in [6.45, 7) is 4.95. The highest BCUT2D eigenvalue weighted by Crippen LogP contribution is 2.36. The lowest BCUT2D eigenvalue weighted by Gasteiger charge is -2.31. The predicted molar refractivity (Wildman–Crippen MR) is 71.5 cm³/mol. The van der Waals surface area contributed by atoms with Crippen molar-refractivity contribution in [1.82, 2.24) is 0 Å². The minimum atomic E-state index is 0.986. The smallest absolute Gasteiger partial charge is 0.0414 e. The van der Waals surface area contributed by atoms with Crippen molar-refractivity contribution >= 4 is 0 Å². The Labute approximate surface area is 102 Å². The first-order valence-electron chi connectivity index (χ1n) is 7.74. The molecule has 0 aromatic rings. The van der Waals surface area contributed by atoms with Crippen molar-refractivity contribution in [2.45, 2.75) is 78.1 Å². The molecule has 0 heterocycles. The molecule has 3 saturated carbocycles. The molecular formula is C16H30. The molecule has 3 fully saturated rings. The van der Waals surface area contributed by atoms with E-state index in [2.05, 4.69) is 13.8 Å². The van der Waals surface area contributed by atoms with E-state index in [1.165, 1.54) is 38.5 Å². The maximum atomic E-state index is 2.48. The van der Waals surface area contributed by atoms with Gasteiger partial charge in [-0.1, -0.05) is 78.1 Å². The highest BCUT2D eigenvalue weighted by molar-refractivity contribution is 4.75. The summed E-state index contributed by atoms with van der Waals surface area (Å²) in [4.78, 5) is 0. The molecule has 16 heavy (non-hydrogen) atoms. The molecule has 0 aromatic carbocycles. The molecule has 0 heteroatoms. The van der Waals surface area contributed by atoms with Crippen LogP contribution in [0.4, 0.5) is 0 Å². The number of hydrogen-bond acceptors (Lipinski definition) is 0. The van der Waals surface area contributed by atoms with Crippen molar-refractivity contribution in [3.8, 4) is 0 Å². The zero-order valence-corrected chi connectivity index (χ0v) is 11.4. The average molecular weight is 222 g/mol. The van der Waals surface area contributed by atoms with E-state index in [0.717, 1.165) is 23.7 Å². The third kappa shape index (κ3) is 3.79. The van der Waals surface area contributed by atoms with Crippen LogP contribution in [0, 0.1) is 23.7 Å². The summed E-state index contributed by atoms with van der Waals surface area (Å²) in [5, 5.41) is 0. The Balaban J connectivity index is 1.87. The summed E-state index contributed by atoms with van der Waals surface area (Å²) in [6.07, 6.45) is 15.2. The zero-order chi connectivity index (χ0) is 11.4. The molecule has 94 valence electrons. The summed E-state index contributed by atoms with van der Waals surface area (Å²) >= 11 is 0. The molecule has 0 aromatic heterocycles. The van der Waals surface area contributed by atoms with E-state index in [0.29, 0.717) is 0 Å². The molecule has 0 unspecified atom stereocenters. The summed E-state index contributed by atoms with van der Waals surface area (Å²) in [5.74, 6) is 4.16. The van der Waals surface area contributed by atoms with Gasteiger partial charge in [0.1, 0.15) is 0 Å². The SMILES string of the molecule is C[C@@H]1CCC2CCC(CC2)CC[C@H](C)CC1. The molecule has 0 aliphatic heterocycles. The van der Waals surface area contributed by atoms with Crippen LogP contribution in [0.1, 0.15) is 78.1 Å². The number of hydrogen-bond donors (Lipinski definition) is 0. The van der Waals surface area contributed by atoms with Gasteiger partial charge in [-0.2, -0.15) is 0 Å². The second-order valence-electron chi connectivity index (χ2n) is 6.83. The Bertz CT molecular complexity index is 166. The zero-order valence-electron chi connectivity index (χ0n) is 11.4. The van der Waals surface area contributed by atoms with Gasteiger partial charge in [-0.3, -0.25) is 0 Å². The molecule has 2 atom stereocenters. The Morgan fingerprint density at radius 2 is 0.688 bits per heavy atom. The monoisotopic (exact) mass is 222 g/mol. The first-order chi connectivity index (χ1) is 7.74. The maximum absolute atomic E-state index is 2.48. The minimum absolute atomic E-state index is 0.986. The normalized spacial score (nSPS) is 42.4. The van der Waals surface area contributed by atoms with Crippen molar-refractivity contribution in [2.75, 3.05) is 0 Å². The fourth-order valence-electron chi connectivity index (χ4n) is 3.71. The first-order valence-corrected chi connectivity index (χ1v) is 7.74. The second kappa shape index (κ2) is 6.07. The van der Waals surface area contributed by atoms with Crippen LogP contribution in [0.5, 0.6) is 0 Å². The van der Waals surface area contributed by atoms with Gasteiger partial charge >= 0.3 is 0 Å². The third-order valence-corrected chi connectivity index (χ3v) is 5.25. The average Bonchev–Trinajstić information content (AvgIpc) is 2.31. The molecule has 0 spiro atoms. The second-order valence-corrected chi connectivity index (χ2v) is 6.83. The van der Waals surface area contributed by atoms with E-state index in [1.54, 1.807) is 25.7 Å². The van der Waals surface area contributed by atoms with Crippen LogP contribution in [-0.4, -0.2) is 0 Å². The summed E-state index contributed by atoms with van der Waals surface area (Å²) < 4.78 is 0. The van der Waals surface area contributed by atoms with Crippen LogP contribution in [0.3, 0.4) is 0 Å². The van der Waals surface area contributed by atoms with Crippen molar-refractivity contribution in [3.05, 3.63) is 0 Å². The third-order valence-electron chi connectivity index (χ3n) is 5.25.